The minimum atomic E-state index is -0.153. The van der Waals surface area contributed by atoms with Gasteiger partial charge in [-0.3, -0.25) is 9.59 Å². The maximum Gasteiger partial charge on any atom is 0.230 e. The number of nitrogens with one attached hydrogen (secondary N) is 1. The minimum Gasteiger partial charge on any atom is -0.356 e. The molecular formula is C15H18N2O2. The van der Waals surface area contributed by atoms with Crippen LogP contribution in [0.1, 0.15) is 24.8 Å². The van der Waals surface area contributed by atoms with Crippen LogP contribution in [0, 0.1) is 5.92 Å². The van der Waals surface area contributed by atoms with Crippen molar-refractivity contribution in [2.24, 2.45) is 5.92 Å². The van der Waals surface area contributed by atoms with Crippen molar-refractivity contribution in [3.05, 3.63) is 29.8 Å². The number of carbonyl (C=O) groups is 2. The number of aryl methyl sites for hydroxylation is 1. The fraction of sp³-hybridized carbons (Fsp3) is 0.467. The first-order valence-corrected chi connectivity index (χ1v) is 6.91. The number of hydrogen-bond donors (Lipinski definition) is 1. The number of para-hydroxylation sites is 1. The number of nitrogens with zero attached hydrogens (tertiary/aromatic N) is 1. The lowest BCUT2D eigenvalue weighted by Gasteiger charge is -2.33. The Morgan fingerprint density at radius 3 is 3.00 bits per heavy atom. The average molecular weight is 258 g/mol. The van der Waals surface area contributed by atoms with E-state index < -0.39 is 0 Å². The van der Waals surface area contributed by atoms with Crippen molar-refractivity contribution in [3.63, 3.8) is 0 Å². The second kappa shape index (κ2) is 5.03. The summed E-state index contributed by atoms with van der Waals surface area (Å²) in [6, 6.07) is 8.08. The van der Waals surface area contributed by atoms with Gasteiger partial charge in [0, 0.05) is 31.1 Å². The van der Waals surface area contributed by atoms with Crippen molar-refractivity contribution in [2.45, 2.75) is 25.7 Å². The molecule has 0 spiro atoms. The Balaban J connectivity index is 1.83. The van der Waals surface area contributed by atoms with Crippen molar-refractivity contribution in [1.82, 2.24) is 5.32 Å². The highest BCUT2D eigenvalue weighted by Gasteiger charge is 2.31. The van der Waals surface area contributed by atoms with Crippen LogP contribution in [-0.2, 0) is 16.0 Å². The minimum absolute atomic E-state index is 0.00473. The van der Waals surface area contributed by atoms with Gasteiger partial charge in [0.15, 0.2) is 0 Å². The maximum atomic E-state index is 12.6. The summed E-state index contributed by atoms with van der Waals surface area (Å²) in [7, 11) is 0. The topological polar surface area (TPSA) is 49.4 Å². The van der Waals surface area contributed by atoms with Crippen LogP contribution in [0.25, 0.3) is 0 Å². The summed E-state index contributed by atoms with van der Waals surface area (Å²) in [6.45, 7) is 1.39. The lowest BCUT2D eigenvalue weighted by molar-refractivity contribution is -0.130. The summed E-state index contributed by atoms with van der Waals surface area (Å²) in [5.74, 6) is -0.0446. The van der Waals surface area contributed by atoms with E-state index >= 15 is 0 Å². The van der Waals surface area contributed by atoms with Crippen molar-refractivity contribution >= 4 is 17.5 Å². The van der Waals surface area contributed by atoms with Crippen molar-refractivity contribution in [2.75, 3.05) is 18.0 Å². The molecule has 1 fully saturated rings. The number of rotatable bonds is 1. The standard InChI is InChI=1S/C15H18N2O2/c18-14-10-12(7-8-16-14)15(19)17-9-3-5-11-4-1-2-6-13(11)17/h1-2,4,6,12H,3,5,7-10H2,(H,16,18). The molecule has 1 atom stereocenters. The molecule has 0 saturated carbocycles. The van der Waals surface area contributed by atoms with Crippen LogP contribution in [0.15, 0.2) is 24.3 Å². The van der Waals surface area contributed by atoms with E-state index in [4.69, 9.17) is 0 Å². The number of fused-ring (bicyclic) bond motifs is 1. The highest BCUT2D eigenvalue weighted by Crippen LogP contribution is 2.29. The van der Waals surface area contributed by atoms with E-state index in [9.17, 15) is 9.59 Å². The molecule has 1 aromatic rings. The smallest absolute Gasteiger partial charge is 0.230 e. The molecule has 1 saturated heterocycles. The maximum absolute atomic E-state index is 12.6. The van der Waals surface area contributed by atoms with Crippen LogP contribution >= 0.6 is 0 Å². The molecule has 0 bridgehead atoms. The molecule has 1 N–H and O–H groups in total. The van der Waals surface area contributed by atoms with Gasteiger partial charge in [-0.2, -0.15) is 0 Å². The normalized spacial score (nSPS) is 22.6. The number of benzene rings is 1. The Kier molecular flexibility index (Phi) is 3.23. The molecular weight excluding hydrogens is 240 g/mol. The molecule has 1 unspecified atom stereocenters. The highest BCUT2D eigenvalue weighted by molar-refractivity contribution is 5.98. The van der Waals surface area contributed by atoms with Gasteiger partial charge in [-0.15, -0.1) is 0 Å². The van der Waals surface area contributed by atoms with Crippen LogP contribution in [-0.4, -0.2) is 24.9 Å². The lowest BCUT2D eigenvalue weighted by Crippen LogP contribution is -2.45. The molecule has 3 rings (SSSR count). The summed E-state index contributed by atoms with van der Waals surface area (Å²) in [5, 5.41) is 2.78. The van der Waals surface area contributed by atoms with Crippen molar-refractivity contribution in [3.8, 4) is 0 Å². The Bertz CT molecular complexity index is 513. The van der Waals surface area contributed by atoms with Gasteiger partial charge in [-0.1, -0.05) is 18.2 Å². The molecule has 2 amide bonds. The summed E-state index contributed by atoms with van der Waals surface area (Å²) >= 11 is 0. The van der Waals surface area contributed by atoms with E-state index in [0.717, 1.165) is 31.5 Å². The zero-order valence-corrected chi connectivity index (χ0v) is 10.9. The number of carbonyl (C=O) groups excluding carboxylic acids is 2. The van der Waals surface area contributed by atoms with Crippen LogP contribution in [0.4, 0.5) is 5.69 Å². The van der Waals surface area contributed by atoms with Gasteiger partial charge in [0.05, 0.1) is 0 Å². The molecule has 4 heteroatoms. The van der Waals surface area contributed by atoms with E-state index in [1.165, 1.54) is 5.56 Å². The highest BCUT2D eigenvalue weighted by atomic mass is 16.2. The van der Waals surface area contributed by atoms with Crippen LogP contribution in [0.3, 0.4) is 0 Å². The summed E-state index contributed by atoms with van der Waals surface area (Å²) in [4.78, 5) is 25.9. The zero-order chi connectivity index (χ0) is 13.2. The summed E-state index contributed by atoms with van der Waals surface area (Å²) < 4.78 is 0. The Hall–Kier alpha value is -1.84. The molecule has 0 aromatic heterocycles. The Morgan fingerprint density at radius 2 is 2.16 bits per heavy atom. The first-order chi connectivity index (χ1) is 9.25. The van der Waals surface area contributed by atoms with Gasteiger partial charge in [0.1, 0.15) is 0 Å². The van der Waals surface area contributed by atoms with Gasteiger partial charge >= 0.3 is 0 Å². The van der Waals surface area contributed by atoms with Gasteiger partial charge in [0.2, 0.25) is 11.8 Å². The zero-order valence-electron chi connectivity index (χ0n) is 10.9. The monoisotopic (exact) mass is 258 g/mol. The van der Waals surface area contributed by atoms with E-state index in [0.29, 0.717) is 13.0 Å². The quantitative estimate of drug-likeness (QED) is 0.829. The molecule has 2 aliphatic heterocycles. The second-order valence-electron chi connectivity index (χ2n) is 5.26. The van der Waals surface area contributed by atoms with E-state index in [1.54, 1.807) is 0 Å². The van der Waals surface area contributed by atoms with E-state index in [1.807, 2.05) is 23.1 Å². The third kappa shape index (κ3) is 2.35. The molecule has 0 aliphatic carbocycles. The second-order valence-corrected chi connectivity index (χ2v) is 5.26. The molecule has 4 nitrogen and oxygen atoms in total. The summed E-state index contributed by atoms with van der Waals surface area (Å²) in [5.41, 5.74) is 2.27. The largest absolute Gasteiger partial charge is 0.356 e. The van der Waals surface area contributed by atoms with E-state index in [-0.39, 0.29) is 17.7 Å². The van der Waals surface area contributed by atoms with Gasteiger partial charge in [-0.25, -0.2) is 0 Å². The molecule has 2 heterocycles. The Labute approximate surface area is 112 Å². The first-order valence-electron chi connectivity index (χ1n) is 6.91. The summed E-state index contributed by atoms with van der Waals surface area (Å²) in [6.07, 6.45) is 3.12. The number of piperidine rings is 1. The molecule has 0 radical (unpaired) electrons. The van der Waals surface area contributed by atoms with Crippen molar-refractivity contribution in [1.29, 1.82) is 0 Å². The van der Waals surface area contributed by atoms with Crippen LogP contribution in [0.2, 0.25) is 0 Å². The number of anilines is 1. The number of hydrogen-bond acceptors (Lipinski definition) is 2. The van der Waals surface area contributed by atoms with E-state index in [2.05, 4.69) is 11.4 Å². The van der Waals surface area contributed by atoms with Crippen molar-refractivity contribution < 1.29 is 9.59 Å². The average Bonchev–Trinajstić information content (AvgIpc) is 2.46. The fourth-order valence-electron chi connectivity index (χ4n) is 2.98. The predicted molar refractivity (Wildman–Crippen MR) is 72.8 cm³/mol. The number of amides is 2. The van der Waals surface area contributed by atoms with Crippen LogP contribution in [0.5, 0.6) is 0 Å². The van der Waals surface area contributed by atoms with Gasteiger partial charge in [0.25, 0.3) is 0 Å². The van der Waals surface area contributed by atoms with Crippen LogP contribution < -0.4 is 10.2 Å². The molecule has 100 valence electrons. The molecule has 2 aliphatic rings. The van der Waals surface area contributed by atoms with Gasteiger partial charge < -0.3 is 10.2 Å². The Morgan fingerprint density at radius 1 is 1.32 bits per heavy atom. The first kappa shape index (κ1) is 12.2. The SMILES string of the molecule is O=C1CC(C(=O)N2CCCc3ccccc32)CCN1. The molecule has 1 aromatic carbocycles. The fourth-order valence-corrected chi connectivity index (χ4v) is 2.98. The molecule has 19 heavy (non-hydrogen) atoms. The lowest BCUT2D eigenvalue weighted by atomic mass is 9.93. The van der Waals surface area contributed by atoms with Gasteiger partial charge in [-0.05, 0) is 30.9 Å². The predicted octanol–water partition coefficient (Wildman–Crippen LogP) is 1.49. The third-order valence-electron chi connectivity index (χ3n) is 3.97. The third-order valence-corrected chi connectivity index (χ3v) is 3.97.